The Bertz CT molecular complexity index is 1160. The van der Waals surface area contributed by atoms with Crippen LogP contribution in [-0.2, 0) is 11.8 Å². The van der Waals surface area contributed by atoms with Crippen molar-refractivity contribution in [2.75, 3.05) is 19.6 Å². The molecule has 1 amide bonds. The number of rotatable bonds is 2. The van der Waals surface area contributed by atoms with Crippen LogP contribution >= 0.6 is 0 Å². The molecule has 152 valence electrons. The van der Waals surface area contributed by atoms with Gasteiger partial charge in [0.15, 0.2) is 0 Å². The van der Waals surface area contributed by atoms with Crippen molar-refractivity contribution in [3.63, 3.8) is 0 Å². The van der Waals surface area contributed by atoms with Crippen LogP contribution < -0.4 is 5.32 Å². The predicted octanol–water partition coefficient (Wildman–Crippen LogP) is 2.94. The zero-order chi connectivity index (χ0) is 20.7. The Kier molecular flexibility index (Phi) is 4.64. The molecule has 1 N–H and O–H groups in total. The van der Waals surface area contributed by atoms with E-state index in [0.717, 1.165) is 53.1 Å². The summed E-state index contributed by atoms with van der Waals surface area (Å²) in [5.74, 6) is -0.0445. The van der Waals surface area contributed by atoms with Gasteiger partial charge >= 0.3 is 0 Å². The normalized spacial score (nSPS) is 26.3. The molecule has 1 aromatic heterocycles. The van der Waals surface area contributed by atoms with Gasteiger partial charge in [-0.15, -0.1) is 0 Å². The molecule has 0 spiro atoms. The Balaban J connectivity index is 1.47. The lowest BCUT2D eigenvalue weighted by Gasteiger charge is -2.36. The first-order valence-corrected chi connectivity index (χ1v) is 10.3. The predicted molar refractivity (Wildman–Crippen MR) is 119 cm³/mol. The summed E-state index contributed by atoms with van der Waals surface area (Å²) in [4.78, 5) is 17.3. The monoisotopic (exact) mass is 399 g/mol. The Labute approximate surface area is 176 Å². The summed E-state index contributed by atoms with van der Waals surface area (Å²) in [6, 6.07) is 6.60. The molecule has 0 unspecified atom stereocenters. The Morgan fingerprint density at radius 1 is 1.17 bits per heavy atom. The number of allylic oxidation sites excluding steroid dienone is 6. The molecule has 5 rings (SSSR count). The van der Waals surface area contributed by atoms with Crippen molar-refractivity contribution < 1.29 is 4.79 Å². The summed E-state index contributed by atoms with van der Waals surface area (Å²) in [5.41, 5.74) is 4.92. The standard InChI is InChI=1S/C24H25N5O/c1-17-15-28(11-10-25-17)22-8-7-21-5-3-4-18(13-24(30)29(21)16-22)19-6-9-23-20(12-19)14-26-27(23)2/h3-9,12-14,16-17,25H,10-11,15H2,1-2H3/b4-3+,18-13+,21-5+/t17-/m1/s1. The van der Waals surface area contributed by atoms with Gasteiger partial charge in [-0.2, -0.15) is 5.10 Å². The molecule has 3 aliphatic rings. The highest BCUT2D eigenvalue weighted by Gasteiger charge is 2.23. The number of aryl methyl sites for hydroxylation is 1. The molecule has 4 heterocycles. The molecule has 0 aliphatic carbocycles. The van der Waals surface area contributed by atoms with Crippen LogP contribution in [0.15, 0.2) is 78.4 Å². The van der Waals surface area contributed by atoms with Crippen LogP contribution in [0.1, 0.15) is 12.5 Å². The Morgan fingerprint density at radius 3 is 2.90 bits per heavy atom. The molecule has 6 heteroatoms. The summed E-state index contributed by atoms with van der Waals surface area (Å²) in [6.07, 6.45) is 15.6. The lowest BCUT2D eigenvalue weighted by molar-refractivity contribution is -0.122. The summed E-state index contributed by atoms with van der Waals surface area (Å²) >= 11 is 0. The minimum atomic E-state index is -0.0445. The molecule has 1 aromatic carbocycles. The van der Waals surface area contributed by atoms with Crippen molar-refractivity contribution in [1.82, 2.24) is 24.9 Å². The maximum atomic E-state index is 13.2. The van der Waals surface area contributed by atoms with E-state index >= 15 is 0 Å². The fourth-order valence-electron chi connectivity index (χ4n) is 4.21. The van der Waals surface area contributed by atoms with Crippen LogP contribution in [0.2, 0.25) is 0 Å². The van der Waals surface area contributed by atoms with Crippen LogP contribution in [-0.4, -0.2) is 51.2 Å². The quantitative estimate of drug-likeness (QED) is 0.844. The Hall–Kier alpha value is -3.38. The van der Waals surface area contributed by atoms with E-state index in [4.69, 9.17) is 0 Å². The molecular formula is C24H25N5O. The van der Waals surface area contributed by atoms with E-state index in [2.05, 4.69) is 34.4 Å². The summed E-state index contributed by atoms with van der Waals surface area (Å²) in [7, 11) is 1.93. The Morgan fingerprint density at radius 2 is 2.03 bits per heavy atom. The van der Waals surface area contributed by atoms with Gasteiger partial charge in [0, 0.05) is 56.1 Å². The smallest absolute Gasteiger partial charge is 0.255 e. The number of amides is 1. The first kappa shape index (κ1) is 18.6. The van der Waals surface area contributed by atoms with Gasteiger partial charge in [-0.05, 0) is 48.4 Å². The number of piperazine rings is 1. The third kappa shape index (κ3) is 3.39. The summed E-state index contributed by atoms with van der Waals surface area (Å²) < 4.78 is 1.85. The van der Waals surface area contributed by atoms with Crippen LogP contribution in [0.3, 0.4) is 0 Å². The number of hydrogen-bond donors (Lipinski definition) is 1. The minimum Gasteiger partial charge on any atom is -0.368 e. The number of nitrogens with zero attached hydrogens (tertiary/aromatic N) is 4. The molecule has 1 saturated heterocycles. The van der Waals surface area contributed by atoms with Crippen molar-refractivity contribution in [1.29, 1.82) is 0 Å². The number of hydrogen-bond acceptors (Lipinski definition) is 4. The third-order valence-corrected chi connectivity index (χ3v) is 5.84. The third-order valence-electron chi connectivity index (χ3n) is 5.84. The first-order chi connectivity index (χ1) is 14.6. The molecule has 1 atom stereocenters. The van der Waals surface area contributed by atoms with Gasteiger partial charge in [-0.1, -0.05) is 18.2 Å². The lowest BCUT2D eigenvalue weighted by Crippen LogP contribution is -2.48. The second-order valence-electron chi connectivity index (χ2n) is 7.99. The molecule has 30 heavy (non-hydrogen) atoms. The molecule has 3 aliphatic heterocycles. The fourth-order valence-corrected chi connectivity index (χ4v) is 4.21. The SMILES string of the molecule is C[C@@H]1CN(C2=CN3C(=O)\C=C(c4ccc5c(cnn5C)c4)/C=C/C=C/3C=C2)CCN1. The maximum Gasteiger partial charge on any atom is 0.255 e. The molecule has 2 aromatic rings. The van der Waals surface area contributed by atoms with Crippen molar-refractivity contribution in [2.45, 2.75) is 13.0 Å². The van der Waals surface area contributed by atoms with E-state index in [9.17, 15) is 4.79 Å². The molecule has 0 radical (unpaired) electrons. The van der Waals surface area contributed by atoms with Crippen LogP contribution in [0.25, 0.3) is 16.5 Å². The zero-order valence-corrected chi connectivity index (χ0v) is 17.2. The van der Waals surface area contributed by atoms with Crippen LogP contribution in [0, 0.1) is 0 Å². The van der Waals surface area contributed by atoms with Crippen molar-refractivity contribution in [3.8, 4) is 0 Å². The van der Waals surface area contributed by atoms with Crippen LogP contribution in [0.5, 0.6) is 0 Å². The van der Waals surface area contributed by atoms with Gasteiger partial charge in [-0.3, -0.25) is 14.4 Å². The molecule has 1 fully saturated rings. The van der Waals surface area contributed by atoms with Gasteiger partial charge in [-0.25, -0.2) is 0 Å². The molecule has 0 saturated carbocycles. The van der Waals surface area contributed by atoms with Crippen molar-refractivity contribution in [3.05, 3.63) is 84.0 Å². The topological polar surface area (TPSA) is 53.4 Å². The van der Waals surface area contributed by atoms with E-state index in [0.29, 0.717) is 6.04 Å². The maximum absolute atomic E-state index is 13.2. The summed E-state index contributed by atoms with van der Waals surface area (Å²) in [5, 5.41) is 8.84. The molecular weight excluding hydrogens is 374 g/mol. The van der Waals surface area contributed by atoms with E-state index in [1.807, 2.05) is 60.6 Å². The van der Waals surface area contributed by atoms with E-state index < -0.39 is 0 Å². The zero-order valence-electron chi connectivity index (χ0n) is 17.2. The average molecular weight is 399 g/mol. The number of benzene rings is 1. The first-order valence-electron chi connectivity index (χ1n) is 10.3. The van der Waals surface area contributed by atoms with Gasteiger partial charge < -0.3 is 10.2 Å². The molecule has 6 nitrogen and oxygen atoms in total. The lowest BCUT2D eigenvalue weighted by atomic mass is 10.0. The second-order valence-corrected chi connectivity index (χ2v) is 7.99. The highest BCUT2D eigenvalue weighted by Crippen LogP contribution is 2.27. The van der Waals surface area contributed by atoms with Crippen LogP contribution in [0.4, 0.5) is 0 Å². The number of aromatic nitrogens is 2. The minimum absolute atomic E-state index is 0.0445. The largest absolute Gasteiger partial charge is 0.368 e. The van der Waals surface area contributed by atoms with Crippen molar-refractivity contribution >= 4 is 22.4 Å². The fraction of sp³-hybridized carbons (Fsp3) is 0.250. The van der Waals surface area contributed by atoms with E-state index in [1.165, 1.54) is 0 Å². The highest BCUT2D eigenvalue weighted by molar-refractivity contribution is 6.00. The number of carbonyl (C=O) groups excluding carboxylic acids is 1. The van der Waals surface area contributed by atoms with Gasteiger partial charge in [0.25, 0.3) is 5.91 Å². The van der Waals surface area contributed by atoms with E-state index in [-0.39, 0.29) is 5.91 Å². The highest BCUT2D eigenvalue weighted by atomic mass is 16.2. The van der Waals surface area contributed by atoms with Crippen molar-refractivity contribution in [2.24, 2.45) is 7.05 Å². The number of fused-ring (bicyclic) bond motifs is 2. The summed E-state index contributed by atoms with van der Waals surface area (Å²) in [6.45, 7) is 5.01. The van der Waals surface area contributed by atoms with Gasteiger partial charge in [0.05, 0.1) is 17.4 Å². The van der Waals surface area contributed by atoms with Gasteiger partial charge in [0.1, 0.15) is 0 Å². The number of carbonyl (C=O) groups is 1. The van der Waals surface area contributed by atoms with Gasteiger partial charge in [0.2, 0.25) is 0 Å². The second kappa shape index (κ2) is 7.46. The number of nitrogens with one attached hydrogen (secondary N) is 1. The van der Waals surface area contributed by atoms with E-state index in [1.54, 1.807) is 11.0 Å². The average Bonchev–Trinajstić information content (AvgIpc) is 3.12. The molecule has 0 bridgehead atoms.